The monoisotopic (exact) mass is 300 g/mol. The van der Waals surface area contributed by atoms with Gasteiger partial charge in [-0.2, -0.15) is 4.39 Å². The van der Waals surface area contributed by atoms with E-state index in [1.54, 1.807) is 0 Å². The lowest BCUT2D eigenvalue weighted by molar-refractivity contribution is -0.387. The molecule has 1 aromatic rings. The third-order valence-electron chi connectivity index (χ3n) is 3.40. The normalized spacial score (nSPS) is 21.3. The van der Waals surface area contributed by atoms with Crippen LogP contribution in [0.25, 0.3) is 0 Å². The molecule has 1 heterocycles. The molecular weight excluding hydrogens is 286 g/mol. The molecule has 0 aromatic heterocycles. The molecule has 1 unspecified atom stereocenters. The van der Waals surface area contributed by atoms with E-state index in [1.807, 2.05) is 6.92 Å². The molecule has 0 bridgehead atoms. The first kappa shape index (κ1) is 15.3. The predicted octanol–water partition coefficient (Wildman–Crippen LogP) is 2.17. The van der Waals surface area contributed by atoms with Gasteiger partial charge in [0, 0.05) is 13.2 Å². The van der Waals surface area contributed by atoms with Gasteiger partial charge in [0.25, 0.3) is 5.91 Å². The van der Waals surface area contributed by atoms with Crippen molar-refractivity contribution in [2.75, 3.05) is 13.2 Å². The standard InChI is InChI=1S/C13H14F2N2O4/c1-13(3-2-4-21-13)7-16-12(18)8-5-10(15)11(17(19)20)6-9(8)14/h5-6H,2-4,7H2,1H3,(H,16,18). The topological polar surface area (TPSA) is 81.5 Å². The van der Waals surface area contributed by atoms with Gasteiger partial charge < -0.3 is 10.1 Å². The molecule has 0 aliphatic carbocycles. The maximum Gasteiger partial charge on any atom is 0.307 e. The van der Waals surface area contributed by atoms with E-state index in [9.17, 15) is 23.7 Å². The fourth-order valence-corrected chi connectivity index (χ4v) is 2.19. The first-order valence-corrected chi connectivity index (χ1v) is 6.38. The minimum Gasteiger partial charge on any atom is -0.373 e. The highest BCUT2D eigenvalue weighted by molar-refractivity contribution is 5.94. The number of carbonyl (C=O) groups excluding carboxylic acids is 1. The van der Waals surface area contributed by atoms with Crippen molar-refractivity contribution >= 4 is 11.6 Å². The molecule has 0 spiro atoms. The van der Waals surface area contributed by atoms with Crippen LogP contribution in [0.3, 0.4) is 0 Å². The number of rotatable bonds is 4. The Balaban J connectivity index is 2.12. The largest absolute Gasteiger partial charge is 0.373 e. The third-order valence-corrected chi connectivity index (χ3v) is 3.40. The zero-order valence-corrected chi connectivity index (χ0v) is 11.3. The summed E-state index contributed by atoms with van der Waals surface area (Å²) in [6, 6.07) is 0.929. The van der Waals surface area contributed by atoms with Crippen molar-refractivity contribution in [1.82, 2.24) is 5.32 Å². The van der Waals surface area contributed by atoms with Gasteiger partial charge in [-0.05, 0) is 25.8 Å². The number of hydrogen-bond donors (Lipinski definition) is 1. The number of nitrogens with one attached hydrogen (secondary N) is 1. The number of amides is 1. The number of halogens is 2. The molecule has 1 aliphatic rings. The summed E-state index contributed by atoms with van der Waals surface area (Å²) in [7, 11) is 0. The molecule has 1 fully saturated rings. The van der Waals surface area contributed by atoms with Crippen LogP contribution in [-0.2, 0) is 4.74 Å². The molecule has 1 aromatic carbocycles. The lowest BCUT2D eigenvalue weighted by Gasteiger charge is -2.23. The van der Waals surface area contributed by atoms with E-state index in [4.69, 9.17) is 4.74 Å². The maximum atomic E-state index is 13.7. The van der Waals surface area contributed by atoms with Crippen LogP contribution in [-0.4, -0.2) is 29.6 Å². The van der Waals surface area contributed by atoms with E-state index < -0.39 is 39.3 Å². The summed E-state index contributed by atoms with van der Waals surface area (Å²) in [5, 5.41) is 12.9. The van der Waals surface area contributed by atoms with Crippen molar-refractivity contribution in [2.45, 2.75) is 25.4 Å². The molecule has 1 amide bonds. The SMILES string of the molecule is CC1(CNC(=O)c2cc(F)c([N+](=O)[O-])cc2F)CCCO1. The smallest absolute Gasteiger partial charge is 0.307 e. The molecule has 1 atom stereocenters. The Bertz CT molecular complexity index is 586. The number of nitro groups is 1. The van der Waals surface area contributed by atoms with Crippen molar-refractivity contribution in [3.05, 3.63) is 39.4 Å². The molecule has 1 aliphatic heterocycles. The van der Waals surface area contributed by atoms with Gasteiger partial charge in [-0.25, -0.2) is 4.39 Å². The Labute approximate surface area is 119 Å². The first-order chi connectivity index (χ1) is 9.82. The molecular formula is C13H14F2N2O4. The minimum atomic E-state index is -1.25. The molecule has 0 saturated carbocycles. The second kappa shape index (κ2) is 5.72. The van der Waals surface area contributed by atoms with Gasteiger partial charge in [0.15, 0.2) is 0 Å². The van der Waals surface area contributed by atoms with Crippen molar-refractivity contribution in [3.8, 4) is 0 Å². The Hall–Kier alpha value is -2.09. The molecule has 21 heavy (non-hydrogen) atoms. The summed E-state index contributed by atoms with van der Waals surface area (Å²) in [6.45, 7) is 2.56. The fraction of sp³-hybridized carbons (Fsp3) is 0.462. The number of hydrogen-bond acceptors (Lipinski definition) is 4. The molecule has 8 heteroatoms. The number of nitro benzene ring substituents is 1. The van der Waals surface area contributed by atoms with E-state index in [0.717, 1.165) is 12.8 Å². The highest BCUT2D eigenvalue weighted by Crippen LogP contribution is 2.25. The summed E-state index contributed by atoms with van der Waals surface area (Å²) < 4.78 is 32.6. The van der Waals surface area contributed by atoms with Gasteiger partial charge >= 0.3 is 5.69 Å². The van der Waals surface area contributed by atoms with Crippen molar-refractivity contribution in [1.29, 1.82) is 0 Å². The molecule has 1 saturated heterocycles. The Morgan fingerprint density at radius 1 is 1.48 bits per heavy atom. The first-order valence-electron chi connectivity index (χ1n) is 6.38. The summed E-state index contributed by atoms with van der Waals surface area (Å²) in [5.41, 5.74) is -2.10. The zero-order valence-electron chi connectivity index (χ0n) is 11.3. The van der Waals surface area contributed by atoms with Gasteiger partial charge in [-0.3, -0.25) is 14.9 Å². The van der Waals surface area contributed by atoms with Gasteiger partial charge in [0.2, 0.25) is 5.82 Å². The third kappa shape index (κ3) is 3.33. The van der Waals surface area contributed by atoms with E-state index in [1.165, 1.54) is 0 Å². The van der Waals surface area contributed by atoms with Gasteiger partial charge in [-0.15, -0.1) is 0 Å². The van der Waals surface area contributed by atoms with Crippen LogP contribution in [0, 0.1) is 21.7 Å². The predicted molar refractivity (Wildman–Crippen MR) is 68.9 cm³/mol. The second-order valence-corrected chi connectivity index (χ2v) is 5.13. The van der Waals surface area contributed by atoms with Crippen LogP contribution in [0.1, 0.15) is 30.1 Å². The molecule has 2 rings (SSSR count). The summed E-state index contributed by atoms with van der Waals surface area (Å²) in [6.07, 6.45) is 1.62. The van der Waals surface area contributed by atoms with Crippen LogP contribution >= 0.6 is 0 Å². The van der Waals surface area contributed by atoms with Crippen molar-refractivity contribution in [2.24, 2.45) is 0 Å². The lowest BCUT2D eigenvalue weighted by Crippen LogP contribution is -2.40. The lowest BCUT2D eigenvalue weighted by atomic mass is 10.0. The van der Waals surface area contributed by atoms with Crippen LogP contribution in [0.5, 0.6) is 0 Å². The Kier molecular flexibility index (Phi) is 4.17. The van der Waals surface area contributed by atoms with Crippen molar-refractivity contribution < 1.29 is 23.2 Å². The molecule has 1 N–H and O–H groups in total. The Morgan fingerprint density at radius 2 is 2.19 bits per heavy atom. The highest BCUT2D eigenvalue weighted by Gasteiger charge is 2.31. The number of benzene rings is 1. The van der Waals surface area contributed by atoms with Crippen molar-refractivity contribution in [3.63, 3.8) is 0 Å². The summed E-state index contributed by atoms with van der Waals surface area (Å²) in [4.78, 5) is 21.3. The zero-order chi connectivity index (χ0) is 15.6. The summed E-state index contributed by atoms with van der Waals surface area (Å²) >= 11 is 0. The van der Waals surface area contributed by atoms with Crippen LogP contribution in [0.2, 0.25) is 0 Å². The van der Waals surface area contributed by atoms with Gasteiger partial charge in [0.1, 0.15) is 5.82 Å². The van der Waals surface area contributed by atoms with E-state index >= 15 is 0 Å². The van der Waals surface area contributed by atoms with Crippen LogP contribution < -0.4 is 5.32 Å². The van der Waals surface area contributed by atoms with Gasteiger partial charge in [0.05, 0.1) is 22.2 Å². The molecule has 114 valence electrons. The van der Waals surface area contributed by atoms with Crippen LogP contribution in [0.4, 0.5) is 14.5 Å². The van der Waals surface area contributed by atoms with Gasteiger partial charge in [-0.1, -0.05) is 0 Å². The highest BCUT2D eigenvalue weighted by atomic mass is 19.1. The summed E-state index contributed by atoms with van der Waals surface area (Å²) in [5.74, 6) is -3.23. The molecule has 6 nitrogen and oxygen atoms in total. The Morgan fingerprint density at radius 3 is 2.76 bits per heavy atom. The molecule has 0 radical (unpaired) electrons. The van der Waals surface area contributed by atoms with E-state index in [0.29, 0.717) is 18.7 Å². The minimum absolute atomic E-state index is 0.157. The second-order valence-electron chi connectivity index (χ2n) is 5.13. The average molecular weight is 300 g/mol. The van der Waals surface area contributed by atoms with E-state index in [-0.39, 0.29) is 6.54 Å². The number of ether oxygens (including phenoxy) is 1. The maximum absolute atomic E-state index is 13.7. The average Bonchev–Trinajstić information content (AvgIpc) is 2.85. The van der Waals surface area contributed by atoms with E-state index in [2.05, 4.69) is 5.32 Å². The number of nitrogens with zero attached hydrogens (tertiary/aromatic N) is 1. The van der Waals surface area contributed by atoms with Crippen LogP contribution in [0.15, 0.2) is 12.1 Å². The number of carbonyl (C=O) groups is 1. The quantitative estimate of drug-likeness (QED) is 0.682. The fourth-order valence-electron chi connectivity index (χ4n) is 2.19.